The third-order valence-electron chi connectivity index (χ3n) is 2.06. The average Bonchev–Trinajstić information content (AvgIpc) is 2.21. The van der Waals surface area contributed by atoms with Crippen LogP contribution in [-0.4, -0.2) is 16.7 Å². The normalized spacial score (nSPS) is 13.2. The first-order valence-corrected chi connectivity index (χ1v) is 7.26. The summed E-state index contributed by atoms with van der Waals surface area (Å²) in [5.74, 6) is -0.0106. The molecule has 0 saturated carbocycles. The highest BCUT2D eigenvalue weighted by Gasteiger charge is 2.20. The van der Waals surface area contributed by atoms with Crippen LogP contribution in [0.2, 0.25) is 10.0 Å². The van der Waals surface area contributed by atoms with Gasteiger partial charge in [0.05, 0.1) is 10.3 Å². The van der Waals surface area contributed by atoms with Gasteiger partial charge in [0.1, 0.15) is 0 Å². The monoisotopic (exact) mass is 305 g/mol. The molecule has 0 aromatic heterocycles. The van der Waals surface area contributed by atoms with Gasteiger partial charge in [0.25, 0.3) is 0 Å². The molecule has 0 heterocycles. The minimum atomic E-state index is -0.232. The predicted molar refractivity (Wildman–Crippen MR) is 79.7 cm³/mol. The SMILES string of the molecule is C[C@@H](Sc1cc(Cl)ccc1Cl)C(=O)NC(C)(C)C. The molecule has 0 aliphatic heterocycles. The molecule has 0 aliphatic rings. The summed E-state index contributed by atoms with van der Waals surface area (Å²) >= 11 is 13.4. The fourth-order valence-corrected chi connectivity index (χ4v) is 2.69. The minimum Gasteiger partial charge on any atom is -0.351 e. The Morgan fingerprint density at radius 3 is 2.50 bits per heavy atom. The molecule has 1 atom stereocenters. The zero-order valence-corrected chi connectivity index (χ0v) is 13.2. The van der Waals surface area contributed by atoms with Crippen LogP contribution in [0.1, 0.15) is 27.7 Å². The largest absolute Gasteiger partial charge is 0.351 e. The number of amides is 1. The van der Waals surface area contributed by atoms with Gasteiger partial charge in [-0.15, -0.1) is 11.8 Å². The second kappa shape index (κ2) is 6.18. The van der Waals surface area contributed by atoms with E-state index in [1.807, 2.05) is 27.7 Å². The molecule has 1 rings (SSSR count). The highest BCUT2D eigenvalue weighted by Crippen LogP contribution is 2.32. The highest BCUT2D eigenvalue weighted by atomic mass is 35.5. The van der Waals surface area contributed by atoms with Crippen LogP contribution in [0.25, 0.3) is 0 Å². The topological polar surface area (TPSA) is 29.1 Å². The molecule has 0 radical (unpaired) electrons. The maximum absolute atomic E-state index is 12.0. The summed E-state index contributed by atoms with van der Waals surface area (Å²) < 4.78 is 0. The first-order chi connectivity index (χ1) is 8.19. The fraction of sp³-hybridized carbons (Fsp3) is 0.462. The Morgan fingerprint density at radius 1 is 1.33 bits per heavy atom. The lowest BCUT2D eigenvalue weighted by Gasteiger charge is -2.23. The van der Waals surface area contributed by atoms with E-state index in [9.17, 15) is 4.79 Å². The van der Waals surface area contributed by atoms with Crippen molar-refractivity contribution in [2.45, 2.75) is 43.4 Å². The zero-order valence-electron chi connectivity index (χ0n) is 10.9. The van der Waals surface area contributed by atoms with Crippen molar-refractivity contribution < 1.29 is 4.79 Å². The van der Waals surface area contributed by atoms with Gasteiger partial charge in [-0.05, 0) is 45.9 Å². The molecule has 0 bridgehead atoms. The Kier molecular flexibility index (Phi) is 5.38. The molecule has 0 saturated heterocycles. The highest BCUT2D eigenvalue weighted by molar-refractivity contribution is 8.00. The lowest BCUT2D eigenvalue weighted by Crippen LogP contribution is -2.44. The molecule has 1 aromatic rings. The molecule has 18 heavy (non-hydrogen) atoms. The van der Waals surface area contributed by atoms with Gasteiger partial charge in [-0.1, -0.05) is 23.2 Å². The van der Waals surface area contributed by atoms with Crippen LogP contribution in [-0.2, 0) is 4.79 Å². The molecule has 100 valence electrons. The van der Waals surface area contributed by atoms with Gasteiger partial charge in [-0.25, -0.2) is 0 Å². The van der Waals surface area contributed by atoms with Gasteiger partial charge >= 0.3 is 0 Å². The Bertz CT molecular complexity index is 443. The molecule has 1 aromatic carbocycles. The van der Waals surface area contributed by atoms with Crippen molar-refractivity contribution in [3.05, 3.63) is 28.2 Å². The number of nitrogens with one attached hydrogen (secondary N) is 1. The molecular weight excluding hydrogens is 289 g/mol. The van der Waals surface area contributed by atoms with Gasteiger partial charge in [0.2, 0.25) is 5.91 Å². The second-order valence-electron chi connectivity index (χ2n) is 5.07. The Labute approximate surface area is 122 Å². The van der Waals surface area contributed by atoms with Crippen molar-refractivity contribution in [2.75, 3.05) is 0 Å². The summed E-state index contributed by atoms with van der Waals surface area (Å²) in [6.07, 6.45) is 0. The molecular formula is C13H17Cl2NOS. The van der Waals surface area contributed by atoms with Gasteiger partial charge < -0.3 is 5.32 Å². The number of benzene rings is 1. The van der Waals surface area contributed by atoms with Gasteiger partial charge in [-0.2, -0.15) is 0 Å². The van der Waals surface area contributed by atoms with E-state index in [1.165, 1.54) is 11.8 Å². The smallest absolute Gasteiger partial charge is 0.233 e. The van der Waals surface area contributed by atoms with Crippen molar-refractivity contribution in [3.63, 3.8) is 0 Å². The summed E-state index contributed by atoms with van der Waals surface area (Å²) in [7, 11) is 0. The summed E-state index contributed by atoms with van der Waals surface area (Å²) in [4.78, 5) is 12.8. The fourth-order valence-electron chi connectivity index (χ4n) is 1.28. The molecule has 2 nitrogen and oxygen atoms in total. The Hall–Kier alpha value is -0.380. The summed E-state index contributed by atoms with van der Waals surface area (Å²) in [6, 6.07) is 5.24. The molecule has 1 N–H and O–H groups in total. The minimum absolute atomic E-state index is 0.0106. The lowest BCUT2D eigenvalue weighted by atomic mass is 10.1. The van der Waals surface area contributed by atoms with Crippen LogP contribution in [0.5, 0.6) is 0 Å². The number of rotatable bonds is 3. The molecule has 5 heteroatoms. The number of hydrogen-bond donors (Lipinski definition) is 1. The number of halogens is 2. The van der Waals surface area contributed by atoms with E-state index in [0.717, 1.165) is 4.90 Å². The Balaban J connectivity index is 2.72. The van der Waals surface area contributed by atoms with Crippen molar-refractivity contribution in [1.29, 1.82) is 0 Å². The second-order valence-corrected chi connectivity index (χ2v) is 7.30. The van der Waals surface area contributed by atoms with Gasteiger partial charge in [-0.3, -0.25) is 4.79 Å². The number of thioether (sulfide) groups is 1. The van der Waals surface area contributed by atoms with Crippen LogP contribution in [0, 0.1) is 0 Å². The van der Waals surface area contributed by atoms with E-state index in [-0.39, 0.29) is 16.7 Å². The van der Waals surface area contributed by atoms with Crippen LogP contribution in [0.4, 0.5) is 0 Å². The van der Waals surface area contributed by atoms with E-state index < -0.39 is 0 Å². The van der Waals surface area contributed by atoms with E-state index in [4.69, 9.17) is 23.2 Å². The van der Waals surface area contributed by atoms with Gasteiger partial charge in [0, 0.05) is 15.5 Å². The lowest BCUT2D eigenvalue weighted by molar-refractivity contribution is -0.121. The van der Waals surface area contributed by atoms with Gasteiger partial charge in [0.15, 0.2) is 0 Å². The third-order valence-corrected chi connectivity index (χ3v) is 3.90. The third kappa shape index (κ3) is 5.09. The van der Waals surface area contributed by atoms with Crippen LogP contribution >= 0.6 is 35.0 Å². The Morgan fingerprint density at radius 2 is 1.94 bits per heavy atom. The van der Waals surface area contributed by atoms with E-state index in [1.54, 1.807) is 18.2 Å². The van der Waals surface area contributed by atoms with Crippen molar-refractivity contribution in [3.8, 4) is 0 Å². The zero-order chi connectivity index (χ0) is 13.9. The van der Waals surface area contributed by atoms with Crippen LogP contribution < -0.4 is 5.32 Å². The molecule has 1 amide bonds. The summed E-state index contributed by atoms with van der Waals surface area (Å²) in [5, 5.41) is 3.94. The maximum atomic E-state index is 12.0. The first kappa shape index (κ1) is 15.7. The van der Waals surface area contributed by atoms with Crippen LogP contribution in [0.3, 0.4) is 0 Å². The molecule has 0 unspecified atom stereocenters. The van der Waals surface area contributed by atoms with Crippen molar-refractivity contribution in [1.82, 2.24) is 5.32 Å². The summed E-state index contributed by atoms with van der Waals surface area (Å²) in [6.45, 7) is 7.71. The predicted octanol–water partition coefficient (Wildman–Crippen LogP) is 4.39. The van der Waals surface area contributed by atoms with E-state index >= 15 is 0 Å². The average molecular weight is 306 g/mol. The molecule has 0 aliphatic carbocycles. The van der Waals surface area contributed by atoms with E-state index in [2.05, 4.69) is 5.32 Å². The maximum Gasteiger partial charge on any atom is 0.233 e. The number of carbonyl (C=O) groups excluding carboxylic acids is 1. The van der Waals surface area contributed by atoms with Crippen molar-refractivity contribution in [2.24, 2.45) is 0 Å². The van der Waals surface area contributed by atoms with Crippen molar-refractivity contribution >= 4 is 40.9 Å². The number of hydrogen-bond acceptors (Lipinski definition) is 2. The molecule has 0 fully saturated rings. The summed E-state index contributed by atoms with van der Waals surface area (Å²) in [5.41, 5.74) is -0.232. The van der Waals surface area contributed by atoms with E-state index in [0.29, 0.717) is 10.0 Å². The quantitative estimate of drug-likeness (QED) is 0.839. The standard InChI is InChI=1S/C13H17Cl2NOS/c1-8(12(17)16-13(2,3)4)18-11-7-9(14)5-6-10(11)15/h5-8H,1-4H3,(H,16,17)/t8-/m1/s1. The number of carbonyl (C=O) groups is 1. The van der Waals surface area contributed by atoms with Crippen LogP contribution in [0.15, 0.2) is 23.1 Å². The first-order valence-electron chi connectivity index (χ1n) is 5.63. The molecule has 0 spiro atoms.